The van der Waals surface area contributed by atoms with Gasteiger partial charge in [-0.05, 0) is 12.1 Å². The van der Waals surface area contributed by atoms with Crippen molar-refractivity contribution in [3.05, 3.63) is 23.8 Å². The lowest BCUT2D eigenvalue weighted by Gasteiger charge is -2.35. The molecule has 4 nitrogen and oxygen atoms in total. The molecule has 0 amide bonds. The van der Waals surface area contributed by atoms with Gasteiger partial charge in [0.1, 0.15) is 11.5 Å². The summed E-state index contributed by atoms with van der Waals surface area (Å²) in [6.07, 6.45) is -2.74. The van der Waals surface area contributed by atoms with Crippen LogP contribution in [0.1, 0.15) is 18.0 Å². The van der Waals surface area contributed by atoms with Crippen LogP contribution in [0.5, 0.6) is 11.5 Å². The second-order valence-corrected chi connectivity index (χ2v) is 4.82. The van der Waals surface area contributed by atoms with E-state index in [4.69, 9.17) is 4.74 Å². The highest BCUT2D eigenvalue weighted by Crippen LogP contribution is 2.39. The summed E-state index contributed by atoms with van der Waals surface area (Å²) in [7, 11) is 1.48. The van der Waals surface area contributed by atoms with Crippen molar-refractivity contribution in [3.63, 3.8) is 0 Å². The number of aromatic hydroxyl groups is 1. The highest BCUT2D eigenvalue weighted by atomic mass is 19.3. The molecule has 0 spiro atoms. The molecule has 0 aliphatic carbocycles. The zero-order valence-electron chi connectivity index (χ0n) is 11.5. The fraction of sp³-hybridized carbons (Fsp3) is 0.571. The molecule has 1 saturated heterocycles. The average Bonchev–Trinajstić information content (AvgIpc) is 2.45. The molecule has 1 heterocycles. The van der Waals surface area contributed by atoms with Crippen molar-refractivity contribution in [2.75, 3.05) is 33.3 Å². The maximum atomic E-state index is 12.9. The Morgan fingerprint density at radius 2 is 2.05 bits per heavy atom. The Labute approximate surface area is 117 Å². The molecule has 1 aliphatic rings. The third-order valence-corrected chi connectivity index (χ3v) is 3.59. The molecule has 112 valence electrons. The molecule has 0 aromatic heterocycles. The van der Waals surface area contributed by atoms with E-state index in [0.29, 0.717) is 24.4 Å². The number of nitrogens with one attached hydrogen (secondary N) is 1. The van der Waals surface area contributed by atoms with Gasteiger partial charge in [-0.2, -0.15) is 0 Å². The van der Waals surface area contributed by atoms with Gasteiger partial charge in [-0.1, -0.05) is 6.07 Å². The standard InChI is InChI=1S/C14H20F2N2O2/c1-20-12-4-2-3-11(19)14(12)10(9-13(15)16)18-7-5-17-6-8-18/h2-4,10,13,17,19H,5-9H2,1H3/t10-/m1/s1. The van der Waals surface area contributed by atoms with Gasteiger partial charge in [-0.25, -0.2) is 8.78 Å². The van der Waals surface area contributed by atoms with Gasteiger partial charge in [0.2, 0.25) is 6.43 Å². The van der Waals surface area contributed by atoms with E-state index in [9.17, 15) is 13.9 Å². The van der Waals surface area contributed by atoms with Crippen LogP contribution < -0.4 is 10.1 Å². The summed E-state index contributed by atoms with van der Waals surface area (Å²) in [5.41, 5.74) is 0.456. The maximum absolute atomic E-state index is 12.9. The van der Waals surface area contributed by atoms with E-state index in [0.717, 1.165) is 13.1 Å². The van der Waals surface area contributed by atoms with Crippen LogP contribution in [-0.4, -0.2) is 49.7 Å². The van der Waals surface area contributed by atoms with Crippen LogP contribution in [0.15, 0.2) is 18.2 Å². The van der Waals surface area contributed by atoms with Crippen LogP contribution in [-0.2, 0) is 0 Å². The van der Waals surface area contributed by atoms with Gasteiger partial charge >= 0.3 is 0 Å². The lowest BCUT2D eigenvalue weighted by molar-refractivity contribution is 0.0719. The minimum Gasteiger partial charge on any atom is -0.507 e. The second kappa shape index (κ2) is 6.85. The van der Waals surface area contributed by atoms with Crippen molar-refractivity contribution in [2.24, 2.45) is 0 Å². The van der Waals surface area contributed by atoms with Gasteiger partial charge < -0.3 is 15.2 Å². The number of phenolic OH excluding ortho intramolecular Hbond substituents is 1. The quantitative estimate of drug-likeness (QED) is 0.869. The number of hydrogen-bond acceptors (Lipinski definition) is 4. The maximum Gasteiger partial charge on any atom is 0.240 e. The van der Waals surface area contributed by atoms with E-state index >= 15 is 0 Å². The largest absolute Gasteiger partial charge is 0.507 e. The number of benzene rings is 1. The zero-order chi connectivity index (χ0) is 14.5. The van der Waals surface area contributed by atoms with E-state index in [1.54, 1.807) is 12.1 Å². The summed E-state index contributed by atoms with van der Waals surface area (Å²) in [5.74, 6) is 0.461. The van der Waals surface area contributed by atoms with Crippen LogP contribution >= 0.6 is 0 Å². The van der Waals surface area contributed by atoms with Gasteiger partial charge in [-0.15, -0.1) is 0 Å². The molecular formula is C14H20F2N2O2. The number of ether oxygens (including phenoxy) is 1. The molecule has 1 aromatic rings. The molecule has 0 radical (unpaired) electrons. The summed E-state index contributed by atoms with van der Waals surface area (Å²) < 4.78 is 31.1. The summed E-state index contributed by atoms with van der Waals surface area (Å²) in [4.78, 5) is 1.97. The van der Waals surface area contributed by atoms with Crippen LogP contribution in [0.4, 0.5) is 8.78 Å². The first-order valence-corrected chi connectivity index (χ1v) is 6.72. The number of piperazine rings is 1. The molecule has 1 atom stereocenters. The van der Waals surface area contributed by atoms with Crippen molar-refractivity contribution in [3.8, 4) is 11.5 Å². The SMILES string of the molecule is COc1cccc(O)c1[C@@H](CC(F)F)N1CCNCC1. The lowest BCUT2D eigenvalue weighted by atomic mass is 9.99. The van der Waals surface area contributed by atoms with Crippen LogP contribution in [0.3, 0.4) is 0 Å². The Bertz CT molecular complexity index is 437. The van der Waals surface area contributed by atoms with Gasteiger partial charge in [0.15, 0.2) is 0 Å². The highest BCUT2D eigenvalue weighted by molar-refractivity contribution is 5.46. The molecule has 0 unspecified atom stereocenters. The summed E-state index contributed by atoms with van der Waals surface area (Å²) in [6, 6.07) is 4.32. The van der Waals surface area contributed by atoms with E-state index in [1.165, 1.54) is 13.2 Å². The van der Waals surface area contributed by atoms with Crippen molar-refractivity contribution < 1.29 is 18.6 Å². The monoisotopic (exact) mass is 286 g/mol. The number of phenols is 1. The first kappa shape index (κ1) is 15.0. The van der Waals surface area contributed by atoms with Gasteiger partial charge in [0.25, 0.3) is 0 Å². The molecule has 1 aromatic carbocycles. The molecule has 20 heavy (non-hydrogen) atoms. The smallest absolute Gasteiger partial charge is 0.240 e. The Morgan fingerprint density at radius 3 is 2.65 bits per heavy atom. The van der Waals surface area contributed by atoms with E-state index in [1.807, 2.05) is 4.90 Å². The normalized spacial score (nSPS) is 18.2. The molecule has 1 fully saturated rings. The molecule has 2 N–H and O–H groups in total. The Balaban J connectivity index is 2.34. The topological polar surface area (TPSA) is 44.7 Å². The predicted octanol–water partition coefficient (Wildman–Crippen LogP) is 2.00. The number of hydrogen-bond donors (Lipinski definition) is 2. The number of rotatable bonds is 5. The third kappa shape index (κ3) is 3.37. The number of methoxy groups -OCH3 is 1. The van der Waals surface area contributed by atoms with E-state index < -0.39 is 12.5 Å². The molecule has 0 saturated carbocycles. The molecule has 2 rings (SSSR count). The fourth-order valence-electron chi connectivity index (χ4n) is 2.66. The van der Waals surface area contributed by atoms with Crippen LogP contribution in [0.25, 0.3) is 0 Å². The summed E-state index contributed by atoms with van der Waals surface area (Å²) in [6.45, 7) is 2.87. The second-order valence-electron chi connectivity index (χ2n) is 4.82. The molecule has 1 aliphatic heterocycles. The third-order valence-electron chi connectivity index (χ3n) is 3.59. The minimum absolute atomic E-state index is 0.00790. The van der Waals surface area contributed by atoms with Gasteiger partial charge in [0, 0.05) is 38.6 Å². The van der Waals surface area contributed by atoms with Crippen molar-refractivity contribution in [1.29, 1.82) is 0 Å². The van der Waals surface area contributed by atoms with Crippen molar-refractivity contribution in [2.45, 2.75) is 18.9 Å². The highest BCUT2D eigenvalue weighted by Gasteiger charge is 2.29. The van der Waals surface area contributed by atoms with Gasteiger partial charge in [-0.3, -0.25) is 4.90 Å². The average molecular weight is 286 g/mol. The summed E-state index contributed by atoms with van der Waals surface area (Å²) >= 11 is 0. The fourth-order valence-corrected chi connectivity index (χ4v) is 2.66. The van der Waals surface area contributed by atoms with Crippen LogP contribution in [0, 0.1) is 0 Å². The number of halogens is 2. The summed E-state index contributed by atoms with van der Waals surface area (Å²) in [5, 5.41) is 13.3. The molecule has 0 bridgehead atoms. The zero-order valence-corrected chi connectivity index (χ0v) is 11.5. The van der Waals surface area contributed by atoms with Crippen molar-refractivity contribution in [1.82, 2.24) is 10.2 Å². The Hall–Kier alpha value is -1.40. The first-order valence-electron chi connectivity index (χ1n) is 6.72. The lowest BCUT2D eigenvalue weighted by Crippen LogP contribution is -2.45. The van der Waals surface area contributed by atoms with Gasteiger partial charge in [0.05, 0.1) is 12.7 Å². The predicted molar refractivity (Wildman–Crippen MR) is 72.5 cm³/mol. The Morgan fingerprint density at radius 1 is 1.35 bits per heavy atom. The van der Waals surface area contributed by atoms with E-state index in [2.05, 4.69) is 5.32 Å². The van der Waals surface area contributed by atoms with Crippen LogP contribution in [0.2, 0.25) is 0 Å². The number of nitrogens with zero attached hydrogens (tertiary/aromatic N) is 1. The van der Waals surface area contributed by atoms with E-state index in [-0.39, 0.29) is 12.2 Å². The van der Waals surface area contributed by atoms with Crippen molar-refractivity contribution >= 4 is 0 Å². The number of alkyl halides is 2. The molecular weight excluding hydrogens is 266 g/mol. The first-order chi connectivity index (χ1) is 9.63. The molecule has 6 heteroatoms. The minimum atomic E-state index is -2.43. The Kier molecular flexibility index (Phi) is 5.14.